The zero-order valence-corrected chi connectivity index (χ0v) is 19.2. The van der Waals surface area contributed by atoms with Gasteiger partial charge in [-0.05, 0) is 41.8 Å². The average Bonchev–Trinajstić information content (AvgIpc) is 3.10. The number of carbonyl (C=O) groups excluding carboxylic acids is 1. The lowest BCUT2D eigenvalue weighted by molar-refractivity contribution is -0.384. The van der Waals surface area contributed by atoms with Crippen LogP contribution in [0.25, 0.3) is 6.08 Å². The number of hydrogen-bond donors (Lipinski definition) is 0. The van der Waals surface area contributed by atoms with Crippen molar-refractivity contribution >= 4 is 46.0 Å². The summed E-state index contributed by atoms with van der Waals surface area (Å²) in [6, 6.07) is 23.7. The highest BCUT2D eigenvalue weighted by Crippen LogP contribution is 2.34. The van der Waals surface area contributed by atoms with Crippen LogP contribution in [0.4, 0.5) is 5.69 Å². The normalized spacial score (nSPS) is 14.7. The van der Waals surface area contributed by atoms with E-state index in [1.54, 1.807) is 23.1 Å². The van der Waals surface area contributed by atoms with Gasteiger partial charge in [-0.1, -0.05) is 72.5 Å². The first kappa shape index (κ1) is 22.7. The Morgan fingerprint density at radius 1 is 0.970 bits per heavy atom. The van der Waals surface area contributed by atoms with Gasteiger partial charge in [0, 0.05) is 24.2 Å². The zero-order valence-electron chi connectivity index (χ0n) is 17.5. The van der Waals surface area contributed by atoms with E-state index in [2.05, 4.69) is 0 Å². The highest BCUT2D eigenvalue weighted by molar-refractivity contribution is 8.26. The highest BCUT2D eigenvalue weighted by atomic mass is 32.2. The zero-order chi connectivity index (χ0) is 23.2. The molecular formula is C25H20N2O4S2. The third-order valence-electron chi connectivity index (χ3n) is 5.09. The van der Waals surface area contributed by atoms with E-state index in [0.717, 1.165) is 23.1 Å². The summed E-state index contributed by atoms with van der Waals surface area (Å²) in [4.78, 5) is 25.5. The maximum atomic E-state index is 13.0. The number of non-ortho nitro benzene ring substituents is 1. The van der Waals surface area contributed by atoms with E-state index in [4.69, 9.17) is 17.0 Å². The number of carbonyl (C=O) groups is 1. The van der Waals surface area contributed by atoms with E-state index in [1.165, 1.54) is 23.9 Å². The number of ether oxygens (including phenoxy) is 1. The van der Waals surface area contributed by atoms with Crippen LogP contribution >= 0.6 is 24.0 Å². The van der Waals surface area contributed by atoms with Gasteiger partial charge in [-0.15, -0.1) is 0 Å². The number of rotatable bonds is 8. The molecule has 1 heterocycles. The molecule has 0 bridgehead atoms. The Hall–Kier alpha value is -3.49. The first-order valence-corrected chi connectivity index (χ1v) is 11.5. The van der Waals surface area contributed by atoms with E-state index in [0.29, 0.717) is 21.5 Å². The van der Waals surface area contributed by atoms with E-state index < -0.39 is 4.92 Å². The quantitative estimate of drug-likeness (QED) is 0.182. The molecule has 0 radical (unpaired) electrons. The predicted octanol–water partition coefficient (Wildman–Crippen LogP) is 5.62. The van der Waals surface area contributed by atoms with Crippen molar-refractivity contribution in [2.24, 2.45) is 0 Å². The first-order chi connectivity index (χ1) is 16.0. The van der Waals surface area contributed by atoms with Crippen LogP contribution in [0.15, 0.2) is 83.8 Å². The average molecular weight is 477 g/mol. The number of nitrogens with zero attached hydrogens (tertiary/aromatic N) is 2. The Morgan fingerprint density at radius 3 is 2.39 bits per heavy atom. The number of hydrogen-bond acceptors (Lipinski definition) is 6. The Kier molecular flexibility index (Phi) is 7.16. The smallest absolute Gasteiger partial charge is 0.269 e. The van der Waals surface area contributed by atoms with Gasteiger partial charge in [-0.3, -0.25) is 19.8 Å². The molecular weight excluding hydrogens is 456 g/mol. The van der Waals surface area contributed by atoms with Crippen molar-refractivity contribution in [2.75, 3.05) is 6.54 Å². The number of nitro benzene ring substituents is 1. The van der Waals surface area contributed by atoms with Crippen molar-refractivity contribution in [3.63, 3.8) is 0 Å². The number of para-hydroxylation sites is 1. The fraction of sp³-hybridized carbons (Fsp3) is 0.120. The van der Waals surface area contributed by atoms with E-state index in [9.17, 15) is 14.9 Å². The SMILES string of the molecule is O=C1C(=Cc2ccccc2OCc2ccc([N+](=O)[O-])cc2)SC(=S)N1CCc1ccccc1. The molecule has 33 heavy (non-hydrogen) atoms. The Labute approximate surface area is 201 Å². The monoisotopic (exact) mass is 476 g/mol. The first-order valence-electron chi connectivity index (χ1n) is 10.3. The topological polar surface area (TPSA) is 72.7 Å². The van der Waals surface area contributed by atoms with E-state index >= 15 is 0 Å². The largest absolute Gasteiger partial charge is 0.488 e. The molecule has 8 heteroatoms. The van der Waals surface area contributed by atoms with Crippen LogP contribution in [0, 0.1) is 10.1 Å². The summed E-state index contributed by atoms with van der Waals surface area (Å²) in [6.45, 7) is 0.783. The minimum atomic E-state index is -0.435. The third-order valence-corrected chi connectivity index (χ3v) is 6.47. The molecule has 0 saturated carbocycles. The fourth-order valence-corrected chi connectivity index (χ4v) is 4.63. The van der Waals surface area contributed by atoms with Gasteiger partial charge in [0.15, 0.2) is 0 Å². The van der Waals surface area contributed by atoms with E-state index in [-0.39, 0.29) is 18.2 Å². The molecule has 3 aromatic carbocycles. The summed E-state index contributed by atoms with van der Waals surface area (Å²) < 4.78 is 6.49. The summed E-state index contributed by atoms with van der Waals surface area (Å²) in [5, 5.41) is 10.8. The van der Waals surface area contributed by atoms with Crippen molar-refractivity contribution in [3.05, 3.63) is 111 Å². The van der Waals surface area contributed by atoms with Crippen molar-refractivity contribution in [1.29, 1.82) is 0 Å². The number of thioether (sulfide) groups is 1. The summed E-state index contributed by atoms with van der Waals surface area (Å²) in [7, 11) is 0. The van der Waals surface area contributed by atoms with Crippen LogP contribution in [0.3, 0.4) is 0 Å². The van der Waals surface area contributed by atoms with Crippen LogP contribution < -0.4 is 4.74 Å². The molecule has 1 aliphatic rings. The maximum Gasteiger partial charge on any atom is 0.269 e. The molecule has 3 aromatic rings. The van der Waals surface area contributed by atoms with Crippen molar-refractivity contribution in [2.45, 2.75) is 13.0 Å². The Morgan fingerprint density at radius 2 is 1.67 bits per heavy atom. The van der Waals surface area contributed by atoms with Gasteiger partial charge in [0.1, 0.15) is 16.7 Å². The van der Waals surface area contributed by atoms with Gasteiger partial charge in [0.05, 0.1) is 9.83 Å². The van der Waals surface area contributed by atoms with Gasteiger partial charge in [-0.2, -0.15) is 0 Å². The van der Waals surface area contributed by atoms with Crippen LogP contribution in [0.1, 0.15) is 16.7 Å². The summed E-state index contributed by atoms with van der Waals surface area (Å²) >= 11 is 6.74. The minimum absolute atomic E-state index is 0.0356. The van der Waals surface area contributed by atoms with Gasteiger partial charge in [0.25, 0.3) is 11.6 Å². The van der Waals surface area contributed by atoms with Crippen LogP contribution in [-0.4, -0.2) is 26.6 Å². The molecule has 4 rings (SSSR count). The molecule has 0 atom stereocenters. The molecule has 0 N–H and O–H groups in total. The highest BCUT2D eigenvalue weighted by Gasteiger charge is 2.31. The predicted molar refractivity (Wildman–Crippen MR) is 134 cm³/mol. The Bertz CT molecular complexity index is 1210. The molecule has 6 nitrogen and oxygen atoms in total. The second kappa shape index (κ2) is 10.4. The third kappa shape index (κ3) is 5.66. The van der Waals surface area contributed by atoms with Crippen LogP contribution in [0.5, 0.6) is 5.75 Å². The molecule has 0 aromatic heterocycles. The van der Waals surface area contributed by atoms with Gasteiger partial charge >= 0.3 is 0 Å². The lowest BCUT2D eigenvalue weighted by Gasteiger charge is -2.14. The fourth-order valence-electron chi connectivity index (χ4n) is 3.33. The Balaban J connectivity index is 1.45. The molecule has 0 aliphatic carbocycles. The number of thiocarbonyl (C=S) groups is 1. The molecule has 1 amide bonds. The maximum absolute atomic E-state index is 13.0. The van der Waals surface area contributed by atoms with Crippen molar-refractivity contribution in [1.82, 2.24) is 4.90 Å². The van der Waals surface area contributed by atoms with Crippen molar-refractivity contribution < 1.29 is 14.5 Å². The second-order valence-corrected chi connectivity index (χ2v) is 8.99. The molecule has 1 fully saturated rings. The van der Waals surface area contributed by atoms with Crippen molar-refractivity contribution in [3.8, 4) is 5.75 Å². The second-order valence-electron chi connectivity index (χ2n) is 7.32. The van der Waals surface area contributed by atoms with E-state index in [1.807, 2.05) is 54.6 Å². The number of benzene rings is 3. The molecule has 0 unspecified atom stereocenters. The van der Waals surface area contributed by atoms with Gasteiger partial charge in [0.2, 0.25) is 0 Å². The van der Waals surface area contributed by atoms with Gasteiger partial charge < -0.3 is 4.74 Å². The minimum Gasteiger partial charge on any atom is -0.488 e. The molecule has 166 valence electrons. The summed E-state index contributed by atoms with van der Waals surface area (Å²) in [5.41, 5.74) is 2.76. The van der Waals surface area contributed by atoms with Crippen LogP contribution in [0.2, 0.25) is 0 Å². The summed E-state index contributed by atoms with van der Waals surface area (Å²) in [6.07, 6.45) is 2.53. The van der Waals surface area contributed by atoms with Gasteiger partial charge in [-0.25, -0.2) is 0 Å². The molecule has 0 spiro atoms. The molecule has 1 aliphatic heterocycles. The lowest BCUT2D eigenvalue weighted by Crippen LogP contribution is -2.30. The number of amides is 1. The lowest BCUT2D eigenvalue weighted by atomic mass is 10.1. The summed E-state index contributed by atoms with van der Waals surface area (Å²) in [5.74, 6) is 0.511. The number of nitro groups is 1. The standard InChI is InChI=1S/C25H20N2O4S2/c28-24-23(33-25(32)26(24)15-14-18-6-2-1-3-7-18)16-20-8-4-5-9-22(20)31-17-19-10-12-21(13-11-19)27(29)30/h1-13,16H,14-15,17H2. The molecule has 1 saturated heterocycles. The van der Waals surface area contributed by atoms with Crippen LogP contribution in [-0.2, 0) is 17.8 Å².